The molecule has 0 atom stereocenters. The molecule has 3 nitrogen and oxygen atoms in total. The molecular weight excluding hydrogens is 250 g/mol. The van der Waals surface area contributed by atoms with Gasteiger partial charge >= 0.3 is 0 Å². The molecule has 1 aromatic carbocycles. The summed E-state index contributed by atoms with van der Waals surface area (Å²) in [5.41, 5.74) is 9.45. The Labute approximate surface area is 123 Å². The molecule has 1 rings (SSSR count). The lowest BCUT2D eigenvalue weighted by molar-refractivity contribution is 0.101. The molecule has 0 spiro atoms. The van der Waals surface area contributed by atoms with Crippen molar-refractivity contribution in [1.82, 2.24) is 0 Å². The highest BCUT2D eigenvalue weighted by atomic mass is 16.5. The maximum Gasteiger partial charge on any atom is 0.159 e. The van der Waals surface area contributed by atoms with Crippen LogP contribution >= 0.6 is 0 Å². The Morgan fingerprint density at radius 2 is 1.95 bits per heavy atom. The Hall–Kier alpha value is -1.61. The van der Waals surface area contributed by atoms with E-state index in [4.69, 9.17) is 5.73 Å². The Morgan fingerprint density at radius 3 is 2.25 bits per heavy atom. The highest BCUT2D eigenvalue weighted by Gasteiger charge is 2.06. The number of hydrogen-bond donors (Lipinski definition) is 1. The molecule has 2 N–H and O–H groups in total. The molecule has 0 aliphatic carbocycles. The number of hydrogen-bond acceptors (Lipinski definition) is 3. The van der Waals surface area contributed by atoms with E-state index in [1.807, 2.05) is 26.8 Å². The van der Waals surface area contributed by atoms with Gasteiger partial charge in [-0.2, -0.15) is 0 Å². The number of nitrogens with two attached hydrogens (primary N) is 1. The summed E-state index contributed by atoms with van der Waals surface area (Å²) in [7, 11) is 1.64. The van der Waals surface area contributed by atoms with E-state index in [1.165, 1.54) is 0 Å². The minimum Gasteiger partial charge on any atom is -0.398 e. The highest BCUT2D eigenvalue weighted by molar-refractivity contribution is 5.95. The zero-order valence-corrected chi connectivity index (χ0v) is 13.7. The Kier molecular flexibility index (Phi) is 12.9. The van der Waals surface area contributed by atoms with Crippen molar-refractivity contribution in [2.75, 3.05) is 19.5 Å². The third kappa shape index (κ3) is 7.74. The summed E-state index contributed by atoms with van der Waals surface area (Å²) in [5.74, 6) is 0.0707. The predicted octanol–water partition coefficient (Wildman–Crippen LogP) is 4.19. The summed E-state index contributed by atoms with van der Waals surface area (Å²) in [6.45, 7) is 13.7. The minimum atomic E-state index is 0.0707. The number of methoxy groups -OCH3 is 1. The molecule has 20 heavy (non-hydrogen) atoms. The van der Waals surface area contributed by atoms with Gasteiger partial charge in [0.1, 0.15) is 0 Å². The number of nitrogen functional groups attached to an aromatic ring is 1. The average Bonchev–Trinajstić information content (AvgIpc) is 2.45. The van der Waals surface area contributed by atoms with Crippen LogP contribution in [0.3, 0.4) is 0 Å². The van der Waals surface area contributed by atoms with Gasteiger partial charge in [-0.1, -0.05) is 26.8 Å². The van der Waals surface area contributed by atoms with E-state index in [0.717, 1.165) is 17.5 Å². The Balaban J connectivity index is 0. The molecule has 0 aromatic heterocycles. The van der Waals surface area contributed by atoms with Gasteiger partial charge in [0.2, 0.25) is 0 Å². The lowest BCUT2D eigenvalue weighted by atomic mass is 9.99. The second-order valence-electron chi connectivity index (χ2n) is 4.00. The number of ether oxygens (including phenoxy) is 1. The molecule has 0 radical (unpaired) electrons. The topological polar surface area (TPSA) is 52.3 Å². The van der Waals surface area contributed by atoms with Crippen molar-refractivity contribution < 1.29 is 9.53 Å². The number of anilines is 1. The van der Waals surface area contributed by atoms with Gasteiger partial charge in [-0.3, -0.25) is 4.79 Å². The number of Topliss-reactive ketones (excluding diaryl/α,β-unsaturated/α-hetero) is 1. The van der Waals surface area contributed by atoms with Crippen molar-refractivity contribution in [1.29, 1.82) is 0 Å². The first kappa shape index (κ1) is 20.7. The van der Waals surface area contributed by atoms with Crippen molar-refractivity contribution in [2.24, 2.45) is 0 Å². The molecule has 0 fully saturated rings. The van der Waals surface area contributed by atoms with Crippen LogP contribution in [0, 0.1) is 6.92 Å². The van der Waals surface area contributed by atoms with E-state index >= 15 is 0 Å². The van der Waals surface area contributed by atoms with Crippen molar-refractivity contribution in [3.8, 4) is 0 Å². The molecule has 0 saturated heterocycles. The first-order chi connectivity index (χ1) is 9.47. The van der Waals surface area contributed by atoms with Gasteiger partial charge in [-0.15, -0.1) is 6.58 Å². The van der Waals surface area contributed by atoms with Crippen LogP contribution in [-0.2, 0) is 11.2 Å². The smallest absolute Gasteiger partial charge is 0.159 e. The molecule has 3 heteroatoms. The number of ketones is 1. The van der Waals surface area contributed by atoms with Crippen LogP contribution in [0.1, 0.15) is 49.2 Å². The van der Waals surface area contributed by atoms with Gasteiger partial charge in [0, 0.05) is 18.4 Å². The summed E-state index contributed by atoms with van der Waals surface area (Å²) < 4.78 is 4.57. The van der Waals surface area contributed by atoms with Crippen LogP contribution in [0.25, 0.3) is 0 Å². The fraction of sp³-hybridized carbons (Fsp3) is 0.471. The SMILES string of the molecule is C=CCOC.CC.CCc1cc(C(C)=O)cc(N)c1C. The number of aryl methyl sites for hydroxylation is 1. The summed E-state index contributed by atoms with van der Waals surface area (Å²) >= 11 is 0. The molecule has 114 valence electrons. The molecule has 1 aromatic rings. The van der Waals surface area contributed by atoms with Gasteiger partial charge in [0.25, 0.3) is 0 Å². The normalized spacial score (nSPS) is 8.70. The fourth-order valence-corrected chi connectivity index (χ4v) is 1.49. The van der Waals surface area contributed by atoms with Crippen LogP contribution < -0.4 is 5.73 Å². The maximum absolute atomic E-state index is 11.1. The third-order valence-electron chi connectivity index (χ3n) is 2.63. The first-order valence-corrected chi connectivity index (χ1v) is 6.97. The van der Waals surface area contributed by atoms with Gasteiger partial charge in [-0.25, -0.2) is 0 Å². The lowest BCUT2D eigenvalue weighted by Gasteiger charge is -2.08. The maximum atomic E-state index is 11.1. The Morgan fingerprint density at radius 1 is 1.40 bits per heavy atom. The summed E-state index contributed by atoms with van der Waals surface area (Å²) in [5, 5.41) is 0. The van der Waals surface area contributed by atoms with E-state index in [9.17, 15) is 4.79 Å². The summed E-state index contributed by atoms with van der Waals surface area (Å²) in [6.07, 6.45) is 2.62. The molecule has 0 heterocycles. The van der Waals surface area contributed by atoms with E-state index < -0.39 is 0 Å². The van der Waals surface area contributed by atoms with Crippen molar-refractivity contribution in [3.63, 3.8) is 0 Å². The van der Waals surface area contributed by atoms with Gasteiger partial charge < -0.3 is 10.5 Å². The first-order valence-electron chi connectivity index (χ1n) is 6.97. The number of benzene rings is 1. The summed E-state index contributed by atoms with van der Waals surface area (Å²) in [6, 6.07) is 3.67. The van der Waals surface area contributed by atoms with E-state index in [0.29, 0.717) is 17.9 Å². The highest BCUT2D eigenvalue weighted by Crippen LogP contribution is 2.19. The number of rotatable bonds is 4. The summed E-state index contributed by atoms with van der Waals surface area (Å²) in [4.78, 5) is 11.1. The van der Waals surface area contributed by atoms with Crippen LogP contribution in [0.2, 0.25) is 0 Å². The van der Waals surface area contributed by atoms with Gasteiger partial charge in [-0.05, 0) is 43.5 Å². The second kappa shape index (κ2) is 12.4. The van der Waals surface area contributed by atoms with E-state index in [2.05, 4.69) is 18.2 Å². The largest absolute Gasteiger partial charge is 0.398 e. The molecule has 0 amide bonds. The molecule has 0 saturated carbocycles. The second-order valence-corrected chi connectivity index (χ2v) is 4.00. The van der Waals surface area contributed by atoms with Crippen LogP contribution in [0.15, 0.2) is 24.8 Å². The molecule has 0 bridgehead atoms. The van der Waals surface area contributed by atoms with Gasteiger partial charge in [0.05, 0.1) is 6.61 Å². The molecule has 0 aliphatic rings. The monoisotopic (exact) mass is 279 g/mol. The van der Waals surface area contributed by atoms with Crippen molar-refractivity contribution in [2.45, 2.75) is 41.0 Å². The van der Waals surface area contributed by atoms with E-state index in [1.54, 1.807) is 26.2 Å². The third-order valence-corrected chi connectivity index (χ3v) is 2.63. The van der Waals surface area contributed by atoms with Crippen LogP contribution in [0.5, 0.6) is 0 Å². The number of carbonyl (C=O) groups is 1. The van der Waals surface area contributed by atoms with Crippen molar-refractivity contribution >= 4 is 11.5 Å². The standard InChI is InChI=1S/C11H15NO.C4H8O.C2H6/c1-4-9-5-10(8(3)13)6-11(12)7(9)2;1-3-4-5-2;1-2/h5-6H,4,12H2,1-3H3;3H,1,4H2,2H3;1-2H3. The predicted molar refractivity (Wildman–Crippen MR) is 88.4 cm³/mol. The van der Waals surface area contributed by atoms with Crippen LogP contribution in [0.4, 0.5) is 5.69 Å². The quantitative estimate of drug-likeness (QED) is 0.511. The Bertz CT molecular complexity index is 412. The fourth-order valence-electron chi connectivity index (χ4n) is 1.49. The number of carbonyl (C=O) groups excluding carboxylic acids is 1. The molecule has 0 aliphatic heterocycles. The van der Waals surface area contributed by atoms with Crippen molar-refractivity contribution in [3.05, 3.63) is 41.5 Å². The van der Waals surface area contributed by atoms with E-state index in [-0.39, 0.29) is 5.78 Å². The molecular formula is C17H29NO2. The zero-order chi connectivity index (χ0) is 16.1. The average molecular weight is 279 g/mol. The minimum absolute atomic E-state index is 0.0707. The zero-order valence-electron chi connectivity index (χ0n) is 13.7. The lowest BCUT2D eigenvalue weighted by Crippen LogP contribution is -2.00. The molecule has 0 unspecified atom stereocenters. The van der Waals surface area contributed by atoms with Gasteiger partial charge in [0.15, 0.2) is 5.78 Å². The van der Waals surface area contributed by atoms with Crippen LogP contribution in [-0.4, -0.2) is 19.5 Å².